The highest BCUT2D eigenvalue weighted by atomic mass is 35.5. The number of halogens is 1. The van der Waals surface area contributed by atoms with Crippen LogP contribution in [-0.4, -0.2) is 25.2 Å². The first-order valence-electron chi connectivity index (χ1n) is 7.58. The van der Waals surface area contributed by atoms with Gasteiger partial charge in [-0.15, -0.1) is 0 Å². The van der Waals surface area contributed by atoms with Crippen molar-refractivity contribution in [3.05, 3.63) is 58.1 Å². The van der Waals surface area contributed by atoms with E-state index in [1.807, 2.05) is 6.07 Å². The number of phenolic OH excluding ortho intramolecular Hbond substituents is 1. The fourth-order valence-corrected chi connectivity index (χ4v) is 2.39. The first-order chi connectivity index (χ1) is 12.5. The molecule has 2 aromatic carbocycles. The summed E-state index contributed by atoms with van der Waals surface area (Å²) in [4.78, 5) is 12.3. The molecule has 2 N–H and O–H groups in total. The highest BCUT2D eigenvalue weighted by Gasteiger charge is 2.11. The van der Waals surface area contributed by atoms with Crippen molar-refractivity contribution in [3.8, 4) is 23.3 Å². The van der Waals surface area contributed by atoms with Crippen molar-refractivity contribution >= 4 is 23.6 Å². The summed E-state index contributed by atoms with van der Waals surface area (Å²) in [6.07, 6.45) is 1.39. The Hall–Kier alpha value is -3.17. The molecule has 2 aromatic rings. The molecule has 7 heteroatoms. The van der Waals surface area contributed by atoms with Gasteiger partial charge in [0.15, 0.2) is 0 Å². The van der Waals surface area contributed by atoms with Gasteiger partial charge in [0, 0.05) is 18.2 Å². The lowest BCUT2D eigenvalue weighted by Gasteiger charge is -2.11. The number of amides is 1. The number of ether oxygens (including phenoxy) is 2. The van der Waals surface area contributed by atoms with E-state index >= 15 is 0 Å². The molecule has 1 amide bonds. The van der Waals surface area contributed by atoms with Gasteiger partial charge < -0.3 is 19.9 Å². The van der Waals surface area contributed by atoms with Crippen LogP contribution in [-0.2, 0) is 11.3 Å². The summed E-state index contributed by atoms with van der Waals surface area (Å²) in [7, 11) is 3.07. The molecule has 2 rings (SSSR count). The maximum absolute atomic E-state index is 12.3. The third-order valence-corrected chi connectivity index (χ3v) is 3.88. The van der Waals surface area contributed by atoms with Crippen molar-refractivity contribution in [1.82, 2.24) is 5.32 Å². The highest BCUT2D eigenvalue weighted by Crippen LogP contribution is 2.25. The van der Waals surface area contributed by atoms with Crippen molar-refractivity contribution in [2.75, 3.05) is 14.2 Å². The topological polar surface area (TPSA) is 91.6 Å². The van der Waals surface area contributed by atoms with Crippen LogP contribution in [0, 0.1) is 11.3 Å². The van der Waals surface area contributed by atoms with Crippen LogP contribution in [0.3, 0.4) is 0 Å². The minimum absolute atomic E-state index is 0.0709. The van der Waals surface area contributed by atoms with E-state index in [1.165, 1.54) is 25.3 Å². The lowest BCUT2D eigenvalue weighted by atomic mass is 10.1. The van der Waals surface area contributed by atoms with Gasteiger partial charge in [-0.2, -0.15) is 5.26 Å². The van der Waals surface area contributed by atoms with E-state index in [0.29, 0.717) is 17.1 Å². The van der Waals surface area contributed by atoms with Gasteiger partial charge in [0.1, 0.15) is 28.9 Å². The predicted molar refractivity (Wildman–Crippen MR) is 98.1 cm³/mol. The lowest BCUT2D eigenvalue weighted by molar-refractivity contribution is -0.117. The van der Waals surface area contributed by atoms with E-state index in [2.05, 4.69) is 5.32 Å². The summed E-state index contributed by atoms with van der Waals surface area (Å²) in [5, 5.41) is 21.5. The SMILES string of the molecule is COc1ccc(CNC(=O)/C(C#N)=C/c2ccc(O)c(Cl)c2)c(OC)c1. The number of benzene rings is 2. The van der Waals surface area contributed by atoms with Crippen LogP contribution >= 0.6 is 11.6 Å². The zero-order valence-corrected chi connectivity index (χ0v) is 15.0. The highest BCUT2D eigenvalue weighted by molar-refractivity contribution is 6.32. The average Bonchev–Trinajstić information content (AvgIpc) is 2.66. The number of nitrogens with zero attached hydrogens (tertiary/aromatic N) is 1. The Morgan fingerprint density at radius 1 is 1.27 bits per heavy atom. The number of hydrogen-bond donors (Lipinski definition) is 2. The first kappa shape index (κ1) is 19.2. The molecule has 134 valence electrons. The minimum atomic E-state index is -0.533. The fourth-order valence-electron chi connectivity index (χ4n) is 2.20. The predicted octanol–water partition coefficient (Wildman–Crippen LogP) is 3.29. The van der Waals surface area contributed by atoms with Gasteiger partial charge in [-0.05, 0) is 35.9 Å². The van der Waals surface area contributed by atoms with Gasteiger partial charge in [0.05, 0.1) is 19.2 Å². The smallest absolute Gasteiger partial charge is 0.262 e. The second kappa shape index (κ2) is 8.79. The molecular formula is C19H17ClN2O4. The number of rotatable bonds is 6. The van der Waals surface area contributed by atoms with Gasteiger partial charge in [-0.3, -0.25) is 4.79 Å². The van der Waals surface area contributed by atoms with Crippen LogP contribution in [0.5, 0.6) is 17.2 Å². The van der Waals surface area contributed by atoms with Crippen LogP contribution in [0.25, 0.3) is 6.08 Å². The average molecular weight is 373 g/mol. The summed E-state index contributed by atoms with van der Waals surface area (Å²) in [5.41, 5.74) is 1.19. The second-order valence-corrected chi connectivity index (χ2v) is 5.65. The van der Waals surface area contributed by atoms with E-state index in [0.717, 1.165) is 5.56 Å². The number of aromatic hydroxyl groups is 1. The van der Waals surface area contributed by atoms with E-state index in [9.17, 15) is 15.2 Å². The van der Waals surface area contributed by atoms with Gasteiger partial charge in [0.2, 0.25) is 0 Å². The number of hydrogen-bond acceptors (Lipinski definition) is 5. The Kier molecular flexibility index (Phi) is 6.48. The lowest BCUT2D eigenvalue weighted by Crippen LogP contribution is -2.24. The number of nitriles is 1. The van der Waals surface area contributed by atoms with Gasteiger partial charge >= 0.3 is 0 Å². The maximum Gasteiger partial charge on any atom is 0.262 e. The molecule has 0 fully saturated rings. The van der Waals surface area contributed by atoms with Gasteiger partial charge in [0.25, 0.3) is 5.91 Å². The monoisotopic (exact) mass is 372 g/mol. The Bertz CT molecular complexity index is 888. The minimum Gasteiger partial charge on any atom is -0.506 e. The van der Waals surface area contributed by atoms with Gasteiger partial charge in [-0.1, -0.05) is 17.7 Å². The van der Waals surface area contributed by atoms with Crippen molar-refractivity contribution in [2.24, 2.45) is 0 Å². The molecule has 0 bridgehead atoms. The summed E-state index contributed by atoms with van der Waals surface area (Å²) < 4.78 is 10.4. The Morgan fingerprint density at radius 3 is 2.65 bits per heavy atom. The van der Waals surface area contributed by atoms with E-state index < -0.39 is 5.91 Å². The summed E-state index contributed by atoms with van der Waals surface area (Å²) in [5.74, 6) is 0.601. The number of carbonyl (C=O) groups is 1. The molecule has 26 heavy (non-hydrogen) atoms. The van der Waals surface area contributed by atoms with Crippen LogP contribution in [0.2, 0.25) is 5.02 Å². The normalized spacial score (nSPS) is 10.8. The third-order valence-electron chi connectivity index (χ3n) is 3.58. The van der Waals surface area contributed by atoms with Crippen molar-refractivity contribution in [2.45, 2.75) is 6.54 Å². The Morgan fingerprint density at radius 2 is 2.04 bits per heavy atom. The molecule has 0 atom stereocenters. The summed E-state index contributed by atoms with van der Waals surface area (Å²) >= 11 is 5.83. The fraction of sp³-hybridized carbons (Fsp3) is 0.158. The van der Waals surface area contributed by atoms with E-state index in [4.69, 9.17) is 21.1 Å². The van der Waals surface area contributed by atoms with Crippen LogP contribution in [0.15, 0.2) is 42.0 Å². The molecule has 0 saturated carbocycles. The van der Waals surface area contributed by atoms with Crippen LogP contribution < -0.4 is 14.8 Å². The van der Waals surface area contributed by atoms with Gasteiger partial charge in [-0.25, -0.2) is 0 Å². The molecule has 0 aliphatic rings. The molecule has 0 aliphatic heterocycles. The zero-order valence-electron chi connectivity index (χ0n) is 14.2. The second-order valence-electron chi connectivity index (χ2n) is 5.24. The molecule has 0 saturated heterocycles. The zero-order chi connectivity index (χ0) is 19.1. The number of carbonyl (C=O) groups excluding carboxylic acids is 1. The molecule has 0 aliphatic carbocycles. The van der Waals surface area contributed by atoms with Crippen molar-refractivity contribution in [1.29, 1.82) is 5.26 Å². The first-order valence-corrected chi connectivity index (χ1v) is 7.95. The van der Waals surface area contributed by atoms with Crippen molar-refractivity contribution in [3.63, 3.8) is 0 Å². The van der Waals surface area contributed by atoms with E-state index in [-0.39, 0.29) is 22.9 Å². The molecule has 0 heterocycles. The quantitative estimate of drug-likeness (QED) is 0.599. The molecule has 0 unspecified atom stereocenters. The van der Waals surface area contributed by atoms with E-state index in [1.54, 1.807) is 31.4 Å². The van der Waals surface area contributed by atoms with Crippen LogP contribution in [0.4, 0.5) is 0 Å². The molecule has 6 nitrogen and oxygen atoms in total. The third kappa shape index (κ3) is 4.68. The maximum atomic E-state index is 12.3. The Labute approximate surface area is 156 Å². The molecule has 0 aromatic heterocycles. The Balaban J connectivity index is 2.14. The van der Waals surface area contributed by atoms with Crippen molar-refractivity contribution < 1.29 is 19.4 Å². The summed E-state index contributed by atoms with van der Waals surface area (Å²) in [6.45, 7) is 0.182. The summed E-state index contributed by atoms with van der Waals surface area (Å²) in [6, 6.07) is 11.5. The number of nitrogens with one attached hydrogen (secondary N) is 1. The molecular weight excluding hydrogens is 356 g/mol. The largest absolute Gasteiger partial charge is 0.506 e. The molecule has 0 radical (unpaired) electrons. The van der Waals surface area contributed by atoms with Crippen LogP contribution in [0.1, 0.15) is 11.1 Å². The number of methoxy groups -OCH3 is 2. The number of phenols is 1. The standard InChI is InChI=1S/C19H17ClN2O4/c1-25-15-5-4-13(18(9-15)26-2)11-22-19(24)14(10-21)7-12-3-6-17(23)16(20)8-12/h3-9,23H,11H2,1-2H3,(H,22,24)/b14-7+. The molecule has 0 spiro atoms.